The molecule has 0 aliphatic carbocycles. The van der Waals surface area contributed by atoms with Crippen LogP contribution < -0.4 is 0 Å². The van der Waals surface area contributed by atoms with Crippen molar-refractivity contribution in [3.05, 3.63) is 60.7 Å². The van der Waals surface area contributed by atoms with Gasteiger partial charge in [-0.05, 0) is 12.8 Å². The molecule has 0 spiro atoms. The molecule has 1 unspecified atom stereocenters. The third-order valence-corrected chi connectivity index (χ3v) is 8.38. The van der Waals surface area contributed by atoms with E-state index in [2.05, 4.69) is 17.1 Å². The van der Waals surface area contributed by atoms with Crippen LogP contribution in [-0.2, 0) is 14.6 Å². The number of unbranched alkanes of at least 4 members (excludes halogenated alkanes) is 1. The summed E-state index contributed by atoms with van der Waals surface area (Å²) >= 11 is 1.24. The van der Waals surface area contributed by atoms with E-state index in [4.69, 9.17) is 4.98 Å². The number of benzene rings is 2. The fraction of sp³-hybridized carbons (Fsp3) is 0.360. The Morgan fingerprint density at radius 3 is 2.24 bits per heavy atom. The number of carbonyl (C=O) groups is 1. The van der Waals surface area contributed by atoms with E-state index in [-0.39, 0.29) is 29.2 Å². The predicted octanol–water partition coefficient (Wildman–Crippen LogP) is 4.11. The summed E-state index contributed by atoms with van der Waals surface area (Å²) in [5, 5.41) is 9.17. The minimum atomic E-state index is -3.07. The highest BCUT2D eigenvalue weighted by Crippen LogP contribution is 2.30. The smallest absolute Gasteiger partial charge is 0.233 e. The minimum absolute atomic E-state index is 0.0507. The second-order valence-corrected chi connectivity index (χ2v) is 11.5. The van der Waals surface area contributed by atoms with Crippen LogP contribution in [0.3, 0.4) is 0 Å². The molecule has 1 fully saturated rings. The van der Waals surface area contributed by atoms with Crippen LogP contribution in [0.1, 0.15) is 26.2 Å². The molecule has 9 heteroatoms. The first-order valence-electron chi connectivity index (χ1n) is 11.4. The van der Waals surface area contributed by atoms with Gasteiger partial charge in [-0.2, -0.15) is 0 Å². The molecule has 3 aromatic rings. The maximum atomic E-state index is 13.1. The molecule has 7 nitrogen and oxygen atoms in total. The first kappa shape index (κ1) is 24.3. The fourth-order valence-electron chi connectivity index (χ4n) is 4.03. The molecule has 178 valence electrons. The Bertz CT molecular complexity index is 1220. The summed E-state index contributed by atoms with van der Waals surface area (Å²) in [6.45, 7) is 2.62. The third-order valence-electron chi connectivity index (χ3n) is 5.81. The number of hydrogen-bond acceptors (Lipinski definition) is 7. The summed E-state index contributed by atoms with van der Waals surface area (Å²) in [5.41, 5.74) is 3.23. The maximum Gasteiger partial charge on any atom is 0.233 e. The predicted molar refractivity (Wildman–Crippen MR) is 135 cm³/mol. The number of carbonyl (C=O) groups excluding carboxylic acids is 1. The van der Waals surface area contributed by atoms with E-state index in [0.29, 0.717) is 29.5 Å². The highest BCUT2D eigenvalue weighted by atomic mass is 32.2. The topological polar surface area (TPSA) is 93.1 Å². The highest BCUT2D eigenvalue weighted by Gasteiger charge is 2.34. The van der Waals surface area contributed by atoms with Crippen LogP contribution >= 0.6 is 11.8 Å². The molecule has 1 saturated heterocycles. The van der Waals surface area contributed by atoms with Gasteiger partial charge in [-0.1, -0.05) is 85.8 Å². The molecular weight excluding hydrogens is 468 g/mol. The third kappa shape index (κ3) is 6.01. The summed E-state index contributed by atoms with van der Waals surface area (Å²) < 4.78 is 23.9. The zero-order valence-corrected chi connectivity index (χ0v) is 20.8. The molecule has 0 radical (unpaired) electrons. The van der Waals surface area contributed by atoms with Gasteiger partial charge in [0.15, 0.2) is 9.84 Å². The SMILES string of the molecule is CCCCN(C(=O)CSc1nnc(-c2ccccc2)c(-c2ccccc2)n1)C1CCS(=O)(=O)C1. The normalized spacial score (nSPS) is 16.9. The highest BCUT2D eigenvalue weighted by molar-refractivity contribution is 7.99. The van der Waals surface area contributed by atoms with Crippen molar-refractivity contribution in [2.75, 3.05) is 23.8 Å². The number of sulfone groups is 1. The van der Waals surface area contributed by atoms with Gasteiger partial charge >= 0.3 is 0 Å². The maximum absolute atomic E-state index is 13.1. The molecule has 0 N–H and O–H groups in total. The summed E-state index contributed by atoms with van der Waals surface area (Å²) in [7, 11) is -3.07. The molecule has 0 saturated carbocycles. The Kier molecular flexibility index (Phi) is 7.95. The van der Waals surface area contributed by atoms with Crippen LogP contribution in [0, 0.1) is 0 Å². The van der Waals surface area contributed by atoms with Crippen molar-refractivity contribution in [3.8, 4) is 22.5 Å². The summed E-state index contributed by atoms with van der Waals surface area (Å²) in [6, 6.07) is 19.3. The van der Waals surface area contributed by atoms with Crippen molar-refractivity contribution in [2.24, 2.45) is 0 Å². The monoisotopic (exact) mass is 496 g/mol. The van der Waals surface area contributed by atoms with E-state index < -0.39 is 9.84 Å². The van der Waals surface area contributed by atoms with Gasteiger partial charge in [0.2, 0.25) is 11.1 Å². The van der Waals surface area contributed by atoms with Crippen molar-refractivity contribution >= 4 is 27.5 Å². The van der Waals surface area contributed by atoms with E-state index in [1.54, 1.807) is 4.90 Å². The number of amides is 1. The lowest BCUT2D eigenvalue weighted by Crippen LogP contribution is -2.42. The second-order valence-electron chi connectivity index (χ2n) is 8.31. The van der Waals surface area contributed by atoms with E-state index in [1.165, 1.54) is 11.8 Å². The number of nitrogens with zero attached hydrogens (tertiary/aromatic N) is 4. The van der Waals surface area contributed by atoms with Gasteiger partial charge in [0.25, 0.3) is 0 Å². The average Bonchev–Trinajstić information content (AvgIpc) is 3.23. The Labute approximate surface area is 204 Å². The van der Waals surface area contributed by atoms with Gasteiger partial charge in [-0.25, -0.2) is 13.4 Å². The number of thioether (sulfide) groups is 1. The Hall–Kier alpha value is -2.78. The molecule has 2 aromatic carbocycles. The van der Waals surface area contributed by atoms with Gasteiger partial charge in [-0.15, -0.1) is 10.2 Å². The van der Waals surface area contributed by atoms with E-state index >= 15 is 0 Å². The number of hydrogen-bond donors (Lipinski definition) is 0. The van der Waals surface area contributed by atoms with Gasteiger partial charge in [0, 0.05) is 23.7 Å². The van der Waals surface area contributed by atoms with Gasteiger partial charge in [0.1, 0.15) is 11.4 Å². The van der Waals surface area contributed by atoms with Crippen molar-refractivity contribution in [1.82, 2.24) is 20.1 Å². The molecule has 0 bridgehead atoms. The van der Waals surface area contributed by atoms with Gasteiger partial charge < -0.3 is 4.90 Å². The molecule has 2 heterocycles. The number of aromatic nitrogens is 3. The summed E-state index contributed by atoms with van der Waals surface area (Å²) in [5.74, 6) is 0.253. The van der Waals surface area contributed by atoms with Crippen LogP contribution in [0.25, 0.3) is 22.5 Å². The van der Waals surface area contributed by atoms with Crippen LogP contribution in [0.5, 0.6) is 0 Å². The van der Waals surface area contributed by atoms with Crippen molar-refractivity contribution < 1.29 is 13.2 Å². The van der Waals surface area contributed by atoms with Gasteiger partial charge in [0.05, 0.1) is 17.3 Å². The molecular formula is C25H28N4O3S2. The van der Waals surface area contributed by atoms with Gasteiger partial charge in [-0.3, -0.25) is 4.79 Å². The minimum Gasteiger partial charge on any atom is -0.338 e. The van der Waals surface area contributed by atoms with Crippen LogP contribution in [0.4, 0.5) is 0 Å². The van der Waals surface area contributed by atoms with Crippen LogP contribution in [0.15, 0.2) is 65.8 Å². The summed E-state index contributed by atoms with van der Waals surface area (Å²) in [4.78, 5) is 19.6. The number of rotatable bonds is 9. The zero-order chi connectivity index (χ0) is 24.0. The first-order valence-corrected chi connectivity index (χ1v) is 14.3. The molecule has 1 aromatic heterocycles. The molecule has 34 heavy (non-hydrogen) atoms. The summed E-state index contributed by atoms with van der Waals surface area (Å²) in [6.07, 6.45) is 2.28. The Balaban J connectivity index is 1.54. The fourth-order valence-corrected chi connectivity index (χ4v) is 6.43. The molecule has 1 aliphatic heterocycles. The standard InChI is InChI=1S/C25H28N4O3S2/c1-2-3-15-29(21-14-16-34(31,32)18-21)22(30)17-33-25-26-23(19-10-6-4-7-11-19)24(27-28-25)20-12-8-5-9-13-20/h4-13,21H,2-3,14-18H2,1H3. The largest absolute Gasteiger partial charge is 0.338 e. The quantitative estimate of drug-likeness (QED) is 0.412. The van der Waals surface area contributed by atoms with Crippen LogP contribution in [-0.4, -0.2) is 64.3 Å². The molecule has 1 atom stereocenters. The van der Waals surface area contributed by atoms with Crippen molar-refractivity contribution in [3.63, 3.8) is 0 Å². The van der Waals surface area contributed by atoms with E-state index in [1.807, 2.05) is 60.7 Å². The molecule has 1 amide bonds. The Morgan fingerprint density at radius 2 is 1.65 bits per heavy atom. The second kappa shape index (κ2) is 11.1. The van der Waals surface area contributed by atoms with E-state index in [0.717, 1.165) is 24.0 Å². The average molecular weight is 497 g/mol. The van der Waals surface area contributed by atoms with Crippen LogP contribution in [0.2, 0.25) is 0 Å². The lowest BCUT2D eigenvalue weighted by Gasteiger charge is -2.28. The molecule has 1 aliphatic rings. The lowest BCUT2D eigenvalue weighted by molar-refractivity contribution is -0.130. The first-order chi connectivity index (χ1) is 16.5. The lowest BCUT2D eigenvalue weighted by atomic mass is 10.0. The van der Waals surface area contributed by atoms with E-state index in [9.17, 15) is 13.2 Å². The zero-order valence-electron chi connectivity index (χ0n) is 19.1. The molecule has 4 rings (SSSR count). The van der Waals surface area contributed by atoms with Crippen molar-refractivity contribution in [2.45, 2.75) is 37.4 Å². The Morgan fingerprint density at radius 1 is 1.00 bits per heavy atom. The van der Waals surface area contributed by atoms with Crippen molar-refractivity contribution in [1.29, 1.82) is 0 Å².